The predicted octanol–water partition coefficient (Wildman–Crippen LogP) is 3.81. The van der Waals surface area contributed by atoms with E-state index in [9.17, 15) is 9.59 Å². The van der Waals surface area contributed by atoms with Crippen LogP contribution in [0.2, 0.25) is 0 Å². The number of allylic oxidation sites excluding steroid dienone is 1. The molecule has 2 aliphatic heterocycles. The summed E-state index contributed by atoms with van der Waals surface area (Å²) in [6, 6.07) is 10.9. The number of fused-ring (bicyclic) bond motifs is 1. The van der Waals surface area contributed by atoms with E-state index < -0.39 is 5.91 Å². The Bertz CT molecular complexity index is 1120. The number of nitrogens with zero attached hydrogens (tertiary/aromatic N) is 1. The van der Waals surface area contributed by atoms with Gasteiger partial charge in [-0.15, -0.1) is 11.8 Å². The number of thioether (sulfide) groups is 1. The van der Waals surface area contributed by atoms with Crippen LogP contribution in [0, 0.1) is 0 Å². The number of hydroxylamine groups is 1. The fraction of sp³-hybridized carbons (Fsp3) is 0.280. The number of hydrogen-bond acceptors (Lipinski definition) is 6. The number of rotatable bonds is 6. The molecule has 2 aliphatic rings. The van der Waals surface area contributed by atoms with Crippen LogP contribution in [0.1, 0.15) is 33.5 Å². The molecule has 4 rings (SSSR count). The Kier molecular flexibility index (Phi) is 7.05. The maximum absolute atomic E-state index is 13.7. The van der Waals surface area contributed by atoms with Gasteiger partial charge in [0.15, 0.2) is 11.5 Å². The number of benzene rings is 2. The van der Waals surface area contributed by atoms with Crippen molar-refractivity contribution in [2.24, 2.45) is 0 Å². The van der Waals surface area contributed by atoms with Gasteiger partial charge in [0, 0.05) is 29.5 Å². The van der Waals surface area contributed by atoms with Gasteiger partial charge in [-0.05, 0) is 65.3 Å². The summed E-state index contributed by atoms with van der Waals surface area (Å²) in [5, 5.41) is 11.0. The van der Waals surface area contributed by atoms with Crippen LogP contribution < -0.4 is 15.0 Å². The zero-order valence-corrected chi connectivity index (χ0v) is 19.4. The monoisotopic (exact) mass is 466 g/mol. The van der Waals surface area contributed by atoms with Crippen molar-refractivity contribution in [2.75, 3.05) is 20.8 Å². The molecule has 2 N–H and O–H groups in total. The van der Waals surface area contributed by atoms with Gasteiger partial charge in [-0.1, -0.05) is 18.2 Å². The molecule has 1 unspecified atom stereocenters. The van der Waals surface area contributed by atoms with Crippen molar-refractivity contribution in [2.45, 2.75) is 24.6 Å². The number of amides is 2. The van der Waals surface area contributed by atoms with E-state index in [1.165, 1.54) is 0 Å². The first kappa shape index (κ1) is 22.9. The lowest BCUT2D eigenvalue weighted by Gasteiger charge is -2.31. The first-order chi connectivity index (χ1) is 16.0. The summed E-state index contributed by atoms with van der Waals surface area (Å²) in [6.07, 6.45) is 5.51. The lowest BCUT2D eigenvalue weighted by atomic mass is 9.96. The minimum atomic E-state index is -0.566. The average molecular weight is 467 g/mol. The first-order valence-corrected chi connectivity index (χ1v) is 11.6. The van der Waals surface area contributed by atoms with Crippen molar-refractivity contribution < 1.29 is 24.3 Å². The van der Waals surface area contributed by atoms with Gasteiger partial charge in [-0.25, -0.2) is 5.48 Å². The molecule has 0 bridgehead atoms. The predicted molar refractivity (Wildman–Crippen MR) is 127 cm³/mol. The second-order valence-electron chi connectivity index (χ2n) is 7.85. The van der Waals surface area contributed by atoms with Crippen molar-refractivity contribution in [3.8, 4) is 11.5 Å². The highest BCUT2D eigenvalue weighted by atomic mass is 32.2. The number of nitrogens with one attached hydrogen (secondary N) is 1. The normalized spacial score (nSPS) is 17.5. The van der Waals surface area contributed by atoms with Crippen molar-refractivity contribution in [3.63, 3.8) is 0 Å². The Labute approximate surface area is 197 Å². The minimum absolute atomic E-state index is 0.0198. The molecule has 0 spiro atoms. The molecular formula is C25H26N2O5S. The largest absolute Gasteiger partial charge is 0.493 e. The van der Waals surface area contributed by atoms with Gasteiger partial charge in [0.05, 0.1) is 14.2 Å². The highest BCUT2D eigenvalue weighted by Crippen LogP contribution is 2.35. The Morgan fingerprint density at radius 2 is 1.94 bits per heavy atom. The van der Waals surface area contributed by atoms with Gasteiger partial charge in [-0.3, -0.25) is 14.8 Å². The van der Waals surface area contributed by atoms with Gasteiger partial charge in [0.1, 0.15) is 0 Å². The topological polar surface area (TPSA) is 88.1 Å². The minimum Gasteiger partial charge on any atom is -0.493 e. The average Bonchev–Trinajstić information content (AvgIpc) is 3.40. The molecule has 0 saturated carbocycles. The van der Waals surface area contributed by atoms with Crippen LogP contribution in [0.25, 0.3) is 6.08 Å². The van der Waals surface area contributed by atoms with Crippen LogP contribution in [0.3, 0.4) is 0 Å². The molecule has 0 saturated heterocycles. The zero-order chi connectivity index (χ0) is 23.4. The molecule has 2 heterocycles. The number of carbonyl (C=O) groups excluding carboxylic acids is 2. The number of carbonyl (C=O) groups is 2. The van der Waals surface area contributed by atoms with E-state index in [1.54, 1.807) is 43.6 Å². The fourth-order valence-electron chi connectivity index (χ4n) is 4.12. The van der Waals surface area contributed by atoms with E-state index in [2.05, 4.69) is 6.08 Å². The van der Waals surface area contributed by atoms with E-state index in [0.29, 0.717) is 36.6 Å². The molecule has 1 atom stereocenters. The smallest absolute Gasteiger partial charge is 0.274 e. The van der Waals surface area contributed by atoms with Crippen molar-refractivity contribution in [3.05, 3.63) is 75.7 Å². The van der Waals surface area contributed by atoms with Crippen molar-refractivity contribution in [1.82, 2.24) is 10.4 Å². The maximum Gasteiger partial charge on any atom is 0.274 e. The third-order valence-corrected chi connectivity index (χ3v) is 7.01. The van der Waals surface area contributed by atoms with E-state index in [0.717, 1.165) is 28.7 Å². The lowest BCUT2D eigenvalue weighted by Crippen LogP contribution is -2.38. The summed E-state index contributed by atoms with van der Waals surface area (Å²) in [4.78, 5) is 27.3. The lowest BCUT2D eigenvalue weighted by molar-refractivity contribution is -0.128. The molecule has 33 heavy (non-hydrogen) atoms. The van der Waals surface area contributed by atoms with E-state index in [1.807, 2.05) is 40.6 Å². The van der Waals surface area contributed by atoms with Crippen LogP contribution in [-0.4, -0.2) is 47.9 Å². The molecule has 8 heteroatoms. The molecule has 2 aromatic carbocycles. The van der Waals surface area contributed by atoms with Crippen LogP contribution in [0.5, 0.6) is 11.5 Å². The van der Waals surface area contributed by atoms with Crippen LogP contribution in [0.4, 0.5) is 0 Å². The zero-order valence-electron chi connectivity index (χ0n) is 18.5. The van der Waals surface area contributed by atoms with E-state index in [4.69, 9.17) is 14.7 Å². The highest BCUT2D eigenvalue weighted by Gasteiger charge is 2.29. The third-order valence-electron chi connectivity index (χ3n) is 5.88. The summed E-state index contributed by atoms with van der Waals surface area (Å²) in [7, 11) is 3.18. The molecule has 0 fully saturated rings. The quantitative estimate of drug-likeness (QED) is 0.382. The first-order valence-electron chi connectivity index (χ1n) is 10.6. The van der Waals surface area contributed by atoms with Gasteiger partial charge < -0.3 is 14.4 Å². The molecule has 7 nitrogen and oxygen atoms in total. The van der Waals surface area contributed by atoms with Crippen LogP contribution >= 0.6 is 11.8 Å². The molecule has 0 aromatic heterocycles. The summed E-state index contributed by atoms with van der Waals surface area (Å²) in [6.45, 7) is 1.01. The summed E-state index contributed by atoms with van der Waals surface area (Å²) >= 11 is 1.64. The molecule has 0 radical (unpaired) electrons. The van der Waals surface area contributed by atoms with Crippen LogP contribution in [0.15, 0.2) is 53.5 Å². The molecular weight excluding hydrogens is 440 g/mol. The second-order valence-corrected chi connectivity index (χ2v) is 8.96. The second kappa shape index (κ2) is 10.1. The molecule has 0 aliphatic carbocycles. The van der Waals surface area contributed by atoms with E-state index in [-0.39, 0.29) is 11.2 Å². The van der Waals surface area contributed by atoms with Crippen molar-refractivity contribution >= 4 is 29.7 Å². The molecule has 2 amide bonds. The van der Waals surface area contributed by atoms with Gasteiger partial charge in [-0.2, -0.15) is 0 Å². The standard InChI is InChI=1S/C25H26N2O5S/c1-31-21-8-5-16(13-22(21)32-2)12-20(23-4-3-11-33-23)25(29)27-10-9-17-6-7-18(24(28)26-30)14-19(17)15-27/h3,5-8,11-14,23,30H,4,9-10,15H2,1-2H3,(H,26,28)/b20-12+. The number of methoxy groups -OCH3 is 2. The van der Waals surface area contributed by atoms with Gasteiger partial charge in [0.25, 0.3) is 11.8 Å². The number of hydrogen-bond donors (Lipinski definition) is 2. The molecule has 2 aromatic rings. The Hall–Kier alpha value is -3.23. The van der Waals surface area contributed by atoms with Crippen LogP contribution in [-0.2, 0) is 17.8 Å². The molecule has 172 valence electrons. The van der Waals surface area contributed by atoms with Crippen molar-refractivity contribution in [1.29, 1.82) is 0 Å². The SMILES string of the molecule is COc1ccc(/C=C(/C(=O)N2CCc3ccc(C(=O)NO)cc3C2)C2CC=CS2)cc1OC. The van der Waals surface area contributed by atoms with E-state index >= 15 is 0 Å². The Morgan fingerprint density at radius 1 is 1.12 bits per heavy atom. The summed E-state index contributed by atoms with van der Waals surface area (Å²) in [5.41, 5.74) is 5.64. The highest BCUT2D eigenvalue weighted by molar-refractivity contribution is 8.03. The Morgan fingerprint density at radius 3 is 2.64 bits per heavy atom. The summed E-state index contributed by atoms with van der Waals surface area (Å²) in [5.74, 6) is 0.656. The Balaban J connectivity index is 1.63. The fourth-order valence-corrected chi connectivity index (χ4v) is 5.07. The van der Waals surface area contributed by atoms with Gasteiger partial charge >= 0.3 is 0 Å². The summed E-state index contributed by atoms with van der Waals surface area (Å²) < 4.78 is 10.7. The third kappa shape index (κ3) is 4.91. The van der Waals surface area contributed by atoms with Gasteiger partial charge in [0.2, 0.25) is 0 Å². The maximum atomic E-state index is 13.7. The number of ether oxygens (including phenoxy) is 2.